The smallest absolute Gasteiger partial charge is 0 e. The van der Waals surface area contributed by atoms with Gasteiger partial charge in [-0.15, -0.1) is 0 Å². The average molecular weight is 216 g/mol. The third-order valence-electron chi connectivity index (χ3n) is 2.66. The van der Waals surface area contributed by atoms with E-state index in [2.05, 4.69) is 41.5 Å². The minimum absolute atomic E-state index is 0. The molecule has 1 radical (unpaired) electrons. The number of hydrogen-bond acceptors (Lipinski definition) is 0. The van der Waals surface area contributed by atoms with Crippen LogP contribution in [0.3, 0.4) is 0 Å². The zero-order valence-corrected chi connectivity index (χ0v) is 10.8. The summed E-state index contributed by atoms with van der Waals surface area (Å²) in [6.07, 6.45) is 1.01. The van der Waals surface area contributed by atoms with Crippen molar-refractivity contribution in [1.29, 1.82) is 0 Å². The molecule has 0 spiro atoms. The van der Waals surface area contributed by atoms with Gasteiger partial charge < -0.3 is 6.92 Å². The molecule has 0 rings (SSSR count). The van der Waals surface area contributed by atoms with E-state index in [9.17, 15) is 0 Å². The van der Waals surface area contributed by atoms with Gasteiger partial charge in [-0.05, 0) is 5.41 Å². The Morgan fingerprint density at radius 1 is 1.00 bits per heavy atom. The summed E-state index contributed by atoms with van der Waals surface area (Å²) >= 11 is 0. The fourth-order valence-electron chi connectivity index (χ4n) is 0.375. The van der Waals surface area contributed by atoms with Gasteiger partial charge in [0.15, 0.2) is 0 Å². The molecule has 0 nitrogen and oxygen atoms in total. The van der Waals surface area contributed by atoms with Gasteiger partial charge in [0.25, 0.3) is 0 Å². The number of hydrogen-bond donors (Lipinski definition) is 0. The predicted octanol–water partition coefficient (Wildman–Crippen LogP) is 3.28. The van der Waals surface area contributed by atoms with E-state index in [-0.39, 0.29) is 32.7 Å². The van der Waals surface area contributed by atoms with Crippen molar-refractivity contribution in [2.45, 2.75) is 41.0 Å². The standard InChI is InChI=1S/C9H19.Y/c1-7-9(5,6)8(2,3)4;/h1,7H2,2-6H3;/q-1;. The summed E-state index contributed by atoms with van der Waals surface area (Å²) in [6, 6.07) is 0. The van der Waals surface area contributed by atoms with Crippen LogP contribution in [-0.2, 0) is 32.7 Å². The van der Waals surface area contributed by atoms with E-state index in [0.717, 1.165) is 6.42 Å². The van der Waals surface area contributed by atoms with Crippen LogP contribution in [0.5, 0.6) is 0 Å². The summed E-state index contributed by atoms with van der Waals surface area (Å²) in [5, 5.41) is 0. The fraction of sp³-hybridized carbons (Fsp3) is 0.889. The maximum absolute atomic E-state index is 3.92. The molecule has 0 amide bonds. The maximum atomic E-state index is 3.92. The maximum Gasteiger partial charge on any atom is 0 e. The second-order valence-electron chi connectivity index (χ2n) is 4.38. The SMILES string of the molecule is [CH2-]CC(C)(C)C(C)(C)C.[Y]. The summed E-state index contributed by atoms with van der Waals surface area (Å²) in [4.78, 5) is 0. The van der Waals surface area contributed by atoms with Crippen molar-refractivity contribution in [3.05, 3.63) is 6.92 Å². The van der Waals surface area contributed by atoms with Gasteiger partial charge in [0.2, 0.25) is 0 Å². The van der Waals surface area contributed by atoms with Crippen LogP contribution in [0.25, 0.3) is 0 Å². The molecule has 0 aromatic rings. The van der Waals surface area contributed by atoms with Crippen LogP contribution in [-0.4, -0.2) is 0 Å². The topological polar surface area (TPSA) is 0 Å². The first-order valence-electron chi connectivity index (χ1n) is 3.60. The molecular weight excluding hydrogens is 197 g/mol. The van der Waals surface area contributed by atoms with Crippen LogP contribution in [0.1, 0.15) is 41.0 Å². The molecular formula is C9H19Y-. The van der Waals surface area contributed by atoms with E-state index >= 15 is 0 Å². The van der Waals surface area contributed by atoms with Crippen molar-refractivity contribution >= 4 is 0 Å². The van der Waals surface area contributed by atoms with Crippen molar-refractivity contribution in [2.24, 2.45) is 10.8 Å². The van der Waals surface area contributed by atoms with Crippen LogP contribution < -0.4 is 0 Å². The van der Waals surface area contributed by atoms with E-state index in [0.29, 0.717) is 10.8 Å². The molecule has 59 valence electrons. The molecule has 0 bridgehead atoms. The minimum atomic E-state index is 0. The molecule has 0 heterocycles. The van der Waals surface area contributed by atoms with Crippen molar-refractivity contribution in [2.75, 3.05) is 0 Å². The molecule has 0 saturated carbocycles. The van der Waals surface area contributed by atoms with Crippen LogP contribution in [0.4, 0.5) is 0 Å². The predicted molar refractivity (Wildman–Crippen MR) is 43.2 cm³/mol. The van der Waals surface area contributed by atoms with E-state index in [1.54, 1.807) is 0 Å². The van der Waals surface area contributed by atoms with Gasteiger partial charge >= 0.3 is 0 Å². The van der Waals surface area contributed by atoms with Gasteiger partial charge in [-0.25, -0.2) is 0 Å². The Morgan fingerprint density at radius 2 is 1.30 bits per heavy atom. The quantitative estimate of drug-likeness (QED) is 0.590. The Hall–Kier alpha value is 1.10. The van der Waals surface area contributed by atoms with Crippen molar-refractivity contribution in [3.63, 3.8) is 0 Å². The Bertz CT molecular complexity index is 87.4. The monoisotopic (exact) mass is 216 g/mol. The van der Waals surface area contributed by atoms with Crippen LogP contribution in [0.15, 0.2) is 0 Å². The molecule has 0 atom stereocenters. The van der Waals surface area contributed by atoms with E-state index in [1.165, 1.54) is 0 Å². The summed E-state index contributed by atoms with van der Waals surface area (Å²) < 4.78 is 0. The normalized spacial score (nSPS) is 12.6. The number of rotatable bonds is 1. The zero-order valence-electron chi connectivity index (χ0n) is 7.99. The largest absolute Gasteiger partial charge is 0.343 e. The first-order valence-corrected chi connectivity index (χ1v) is 3.60. The van der Waals surface area contributed by atoms with Crippen molar-refractivity contribution in [1.82, 2.24) is 0 Å². The Morgan fingerprint density at radius 3 is 1.30 bits per heavy atom. The average Bonchev–Trinajstić information content (AvgIpc) is 1.64. The fourth-order valence-corrected chi connectivity index (χ4v) is 0.375. The minimum Gasteiger partial charge on any atom is -0.343 e. The second kappa shape index (κ2) is 4.21. The third kappa shape index (κ3) is 3.48. The van der Waals surface area contributed by atoms with Gasteiger partial charge in [0.05, 0.1) is 0 Å². The molecule has 10 heavy (non-hydrogen) atoms. The molecule has 0 N–H and O–H groups in total. The summed E-state index contributed by atoms with van der Waals surface area (Å²) in [6.45, 7) is 15.2. The molecule has 0 aliphatic carbocycles. The summed E-state index contributed by atoms with van der Waals surface area (Å²) in [7, 11) is 0. The van der Waals surface area contributed by atoms with Crippen LogP contribution >= 0.6 is 0 Å². The molecule has 0 saturated heterocycles. The zero-order chi connectivity index (χ0) is 7.71. The first kappa shape index (κ1) is 13.7. The van der Waals surface area contributed by atoms with E-state index < -0.39 is 0 Å². The third-order valence-corrected chi connectivity index (χ3v) is 2.66. The summed E-state index contributed by atoms with van der Waals surface area (Å²) in [5.41, 5.74) is 0.752. The van der Waals surface area contributed by atoms with Crippen LogP contribution in [0, 0.1) is 17.8 Å². The molecule has 0 aliphatic heterocycles. The summed E-state index contributed by atoms with van der Waals surface area (Å²) in [5.74, 6) is 0. The first-order chi connectivity index (χ1) is 3.81. The van der Waals surface area contributed by atoms with Gasteiger partial charge in [-0.3, -0.25) is 0 Å². The molecule has 0 aromatic heterocycles. The van der Waals surface area contributed by atoms with E-state index in [1.807, 2.05) is 0 Å². The Labute approximate surface area is 91.0 Å². The second-order valence-corrected chi connectivity index (χ2v) is 4.38. The molecule has 0 fully saturated rings. The van der Waals surface area contributed by atoms with Crippen LogP contribution in [0.2, 0.25) is 0 Å². The Balaban J connectivity index is 0. The van der Waals surface area contributed by atoms with Gasteiger partial charge in [-0.2, -0.15) is 6.42 Å². The van der Waals surface area contributed by atoms with Gasteiger partial charge in [-0.1, -0.05) is 40.0 Å². The molecule has 0 aromatic carbocycles. The molecule has 0 aliphatic rings. The van der Waals surface area contributed by atoms with E-state index in [4.69, 9.17) is 0 Å². The Kier molecular flexibility index (Phi) is 5.76. The molecule has 1 heteroatoms. The molecule has 0 unspecified atom stereocenters. The van der Waals surface area contributed by atoms with Gasteiger partial charge in [0, 0.05) is 32.7 Å². The van der Waals surface area contributed by atoms with Gasteiger partial charge in [0.1, 0.15) is 0 Å². The van der Waals surface area contributed by atoms with Crippen molar-refractivity contribution < 1.29 is 32.7 Å². The van der Waals surface area contributed by atoms with Crippen molar-refractivity contribution in [3.8, 4) is 0 Å².